The Kier molecular flexibility index (Phi) is 12.3. The summed E-state index contributed by atoms with van der Waals surface area (Å²) in [5.74, 6) is 0.208. The van der Waals surface area contributed by atoms with Crippen molar-refractivity contribution in [1.82, 2.24) is 19.7 Å². The van der Waals surface area contributed by atoms with Gasteiger partial charge in [0.05, 0.1) is 19.2 Å². The van der Waals surface area contributed by atoms with Crippen molar-refractivity contribution in [3.8, 4) is 0 Å². The van der Waals surface area contributed by atoms with E-state index in [1.165, 1.54) is 6.33 Å². The molecule has 0 aliphatic carbocycles. The van der Waals surface area contributed by atoms with Gasteiger partial charge in [-0.2, -0.15) is 5.10 Å². The van der Waals surface area contributed by atoms with Crippen molar-refractivity contribution in [2.45, 2.75) is 50.2 Å². The van der Waals surface area contributed by atoms with E-state index in [0.29, 0.717) is 23.2 Å². The third kappa shape index (κ3) is 7.76. The van der Waals surface area contributed by atoms with Crippen molar-refractivity contribution in [2.24, 2.45) is 0 Å². The summed E-state index contributed by atoms with van der Waals surface area (Å²) in [5.41, 5.74) is 1.22. The van der Waals surface area contributed by atoms with E-state index >= 15 is 0 Å². The highest BCUT2D eigenvalue weighted by molar-refractivity contribution is 9.09. The van der Waals surface area contributed by atoms with Crippen LogP contribution in [0, 0.1) is 0 Å². The number of likely N-dealkylation sites (N-methyl/N-ethyl adjacent to an activating group) is 1. The van der Waals surface area contributed by atoms with Crippen molar-refractivity contribution in [3.05, 3.63) is 82.4 Å². The van der Waals surface area contributed by atoms with E-state index in [4.69, 9.17) is 27.9 Å². The molecule has 1 fully saturated rings. The molecule has 0 spiro atoms. The SMILES string of the molecule is CCN(CC)C(C)C(=O)c1ccccc1.Cl.Clc1ccc(C2(Cn3cncn3)CC(Br)CO2)c(Cl)c1. The number of carbonyl (C=O) groups is 1. The third-order valence-corrected chi connectivity index (χ3v) is 7.33. The molecule has 0 saturated carbocycles. The third-order valence-electron chi connectivity index (χ3n) is 6.20. The number of carbonyl (C=O) groups excluding carboxylic acids is 1. The minimum Gasteiger partial charge on any atom is -0.367 e. The van der Waals surface area contributed by atoms with Gasteiger partial charge in [0.2, 0.25) is 0 Å². The van der Waals surface area contributed by atoms with E-state index in [0.717, 1.165) is 30.6 Å². The van der Waals surface area contributed by atoms with Crippen LogP contribution < -0.4 is 0 Å². The molecule has 4 rings (SSSR count). The molecule has 1 aliphatic rings. The van der Waals surface area contributed by atoms with Gasteiger partial charge in [-0.15, -0.1) is 12.4 Å². The first-order valence-corrected chi connectivity index (χ1v) is 13.4. The van der Waals surface area contributed by atoms with E-state index < -0.39 is 5.60 Å². The lowest BCUT2D eigenvalue weighted by atomic mass is 9.90. The fraction of sp³-hybridized carbons (Fsp3) is 0.423. The van der Waals surface area contributed by atoms with Crippen LogP contribution in [0.2, 0.25) is 10.0 Å². The highest BCUT2D eigenvalue weighted by atomic mass is 79.9. The molecule has 10 heteroatoms. The molecule has 3 aromatic rings. The van der Waals surface area contributed by atoms with Crippen molar-refractivity contribution in [1.29, 1.82) is 0 Å². The fourth-order valence-corrected chi connectivity index (χ4v) is 5.56. The van der Waals surface area contributed by atoms with E-state index in [1.54, 1.807) is 17.1 Å². The van der Waals surface area contributed by atoms with Crippen LogP contribution in [0.15, 0.2) is 61.2 Å². The highest BCUT2D eigenvalue weighted by Crippen LogP contribution is 2.43. The van der Waals surface area contributed by atoms with Crippen LogP contribution in [0.5, 0.6) is 0 Å². The smallest absolute Gasteiger partial charge is 0.179 e. The zero-order valence-corrected chi connectivity index (χ0v) is 24.5. The van der Waals surface area contributed by atoms with Crippen LogP contribution in [0.3, 0.4) is 0 Å². The first-order chi connectivity index (χ1) is 16.8. The average Bonchev–Trinajstić information content (AvgIpc) is 3.50. The lowest BCUT2D eigenvalue weighted by Gasteiger charge is -2.29. The minimum atomic E-state index is -0.510. The van der Waals surface area contributed by atoms with Crippen molar-refractivity contribution >= 4 is 57.3 Å². The largest absolute Gasteiger partial charge is 0.367 e. The predicted octanol–water partition coefficient (Wildman–Crippen LogP) is 6.69. The van der Waals surface area contributed by atoms with Gasteiger partial charge in [0.15, 0.2) is 5.78 Å². The maximum absolute atomic E-state index is 12.1. The zero-order valence-electron chi connectivity index (χ0n) is 20.6. The lowest BCUT2D eigenvalue weighted by molar-refractivity contribution is -0.0169. The number of benzene rings is 2. The molecular weight excluding hydrogens is 587 g/mol. The summed E-state index contributed by atoms with van der Waals surface area (Å²) < 4.78 is 7.83. The van der Waals surface area contributed by atoms with Gasteiger partial charge < -0.3 is 4.74 Å². The number of aromatic nitrogens is 3. The lowest BCUT2D eigenvalue weighted by Crippen LogP contribution is -2.38. The number of Topliss-reactive ketones (excluding diaryl/α,β-unsaturated/α-hetero) is 1. The Labute approximate surface area is 237 Å². The molecule has 2 aromatic carbocycles. The summed E-state index contributed by atoms with van der Waals surface area (Å²) in [5, 5.41) is 5.39. The van der Waals surface area contributed by atoms with Gasteiger partial charge in [0.1, 0.15) is 18.3 Å². The molecule has 0 bridgehead atoms. The molecule has 3 unspecified atom stereocenters. The Hall–Kier alpha value is -1.48. The molecule has 6 nitrogen and oxygen atoms in total. The first kappa shape index (κ1) is 30.7. The quantitative estimate of drug-likeness (QED) is 0.208. The number of halogens is 4. The Morgan fingerprint density at radius 3 is 2.44 bits per heavy atom. The number of alkyl halides is 1. The summed E-state index contributed by atoms with van der Waals surface area (Å²) in [4.78, 5) is 18.5. The molecule has 0 radical (unpaired) electrons. The average molecular weight is 619 g/mol. The standard InChI is InChI=1S/C13H12BrCl2N3O.C13H19NO.ClH/c14-9-4-13(20-5-9,6-19-8-17-7-18-19)11-2-1-10(15)3-12(11)16;1-4-14(5-2)11(3)13(15)12-9-7-6-8-10-12;/h1-3,7-9H,4-6H2;6-11H,4-5H2,1-3H3;1H. The maximum Gasteiger partial charge on any atom is 0.179 e. The summed E-state index contributed by atoms with van der Waals surface area (Å²) in [6, 6.07) is 15.0. The number of nitrogens with zero attached hydrogens (tertiary/aromatic N) is 4. The Morgan fingerprint density at radius 2 is 1.92 bits per heavy atom. The topological polar surface area (TPSA) is 60.2 Å². The second kappa shape index (κ2) is 14.5. The Morgan fingerprint density at radius 1 is 1.22 bits per heavy atom. The second-order valence-electron chi connectivity index (χ2n) is 8.45. The normalized spacial score (nSPS) is 19.8. The number of rotatable bonds is 8. The molecule has 1 saturated heterocycles. The van der Waals surface area contributed by atoms with E-state index in [2.05, 4.69) is 44.8 Å². The molecule has 3 atom stereocenters. The van der Waals surface area contributed by atoms with Crippen LogP contribution in [-0.4, -0.2) is 56.0 Å². The predicted molar refractivity (Wildman–Crippen MR) is 152 cm³/mol. The van der Waals surface area contributed by atoms with Crippen LogP contribution in [0.4, 0.5) is 0 Å². The van der Waals surface area contributed by atoms with Crippen molar-refractivity contribution in [3.63, 3.8) is 0 Å². The molecule has 1 aliphatic heterocycles. The van der Waals surface area contributed by atoms with Crippen LogP contribution >= 0.6 is 51.5 Å². The molecule has 1 aromatic heterocycles. The van der Waals surface area contributed by atoms with E-state index in [9.17, 15) is 4.79 Å². The molecule has 0 N–H and O–H groups in total. The number of hydrogen-bond donors (Lipinski definition) is 0. The maximum atomic E-state index is 12.1. The van der Waals surface area contributed by atoms with Crippen LogP contribution in [0.25, 0.3) is 0 Å². The fourth-order valence-electron chi connectivity index (χ4n) is 4.32. The number of hydrogen-bond acceptors (Lipinski definition) is 5. The summed E-state index contributed by atoms with van der Waals surface area (Å²) in [6.07, 6.45) is 4.00. The van der Waals surface area contributed by atoms with E-state index in [1.807, 2.05) is 49.4 Å². The van der Waals surface area contributed by atoms with Gasteiger partial charge in [-0.3, -0.25) is 9.69 Å². The Bertz CT molecular complexity index is 1080. The van der Waals surface area contributed by atoms with Gasteiger partial charge in [0, 0.05) is 26.0 Å². The second-order valence-corrected chi connectivity index (χ2v) is 10.6. The van der Waals surface area contributed by atoms with Gasteiger partial charge in [-0.05, 0) is 38.6 Å². The molecule has 36 heavy (non-hydrogen) atoms. The number of ether oxygens (including phenoxy) is 1. The van der Waals surface area contributed by atoms with Gasteiger partial charge in [-0.25, -0.2) is 9.67 Å². The highest BCUT2D eigenvalue weighted by Gasteiger charge is 2.43. The van der Waals surface area contributed by atoms with Gasteiger partial charge >= 0.3 is 0 Å². The molecule has 2 heterocycles. The van der Waals surface area contributed by atoms with E-state index in [-0.39, 0.29) is 29.1 Å². The monoisotopic (exact) mass is 616 g/mol. The summed E-state index contributed by atoms with van der Waals surface area (Å²) in [7, 11) is 0. The summed E-state index contributed by atoms with van der Waals surface area (Å²) >= 11 is 16.0. The molecule has 196 valence electrons. The molecule has 0 amide bonds. The zero-order chi connectivity index (χ0) is 25.4. The number of ketones is 1. The summed E-state index contributed by atoms with van der Waals surface area (Å²) in [6.45, 7) is 9.16. The Balaban J connectivity index is 0.000000258. The molecular formula is C26H32BrCl3N4O2. The van der Waals surface area contributed by atoms with Crippen molar-refractivity contribution < 1.29 is 9.53 Å². The first-order valence-electron chi connectivity index (χ1n) is 11.7. The van der Waals surface area contributed by atoms with Gasteiger partial charge in [0.25, 0.3) is 0 Å². The van der Waals surface area contributed by atoms with Gasteiger partial charge in [-0.1, -0.05) is 89.4 Å². The minimum absolute atomic E-state index is 0. The van der Waals surface area contributed by atoms with Crippen LogP contribution in [-0.2, 0) is 16.9 Å². The van der Waals surface area contributed by atoms with Crippen LogP contribution in [0.1, 0.15) is 43.1 Å². The van der Waals surface area contributed by atoms with Crippen molar-refractivity contribution in [2.75, 3.05) is 19.7 Å².